The van der Waals surface area contributed by atoms with Crippen molar-refractivity contribution in [3.05, 3.63) is 24.3 Å². The number of carboxylic acid groups (broad SMARTS) is 1. The number of hydrogen-bond acceptors (Lipinski definition) is 2. The fourth-order valence-electron chi connectivity index (χ4n) is 1.02. The Labute approximate surface area is 84.8 Å². The third kappa shape index (κ3) is 6.43. The molecule has 1 unspecified atom stereocenters. The molecule has 0 amide bonds. The van der Waals surface area contributed by atoms with E-state index in [0.717, 1.165) is 5.57 Å². The maximum atomic E-state index is 10.3. The molecule has 3 nitrogen and oxygen atoms in total. The van der Waals surface area contributed by atoms with Crippen molar-refractivity contribution >= 4 is 5.97 Å². The molecule has 0 aromatic carbocycles. The number of hydrogen-bond donors (Lipinski definition) is 2. The standard InChI is InChI=1S/C11H18O3/c1-4-11(3,14)7-5-6-9(2)8-10(12)13/h4,6,14H,1,5,7-8H2,2-3H3,(H,12,13)/b9-6+. The topological polar surface area (TPSA) is 57.5 Å². The van der Waals surface area contributed by atoms with Crippen LogP contribution in [0.2, 0.25) is 0 Å². The van der Waals surface area contributed by atoms with Gasteiger partial charge in [-0.25, -0.2) is 0 Å². The average molecular weight is 198 g/mol. The second-order valence-electron chi connectivity index (χ2n) is 3.72. The van der Waals surface area contributed by atoms with Crippen LogP contribution in [0.3, 0.4) is 0 Å². The third-order valence-electron chi connectivity index (χ3n) is 2.01. The Morgan fingerprint density at radius 2 is 2.14 bits per heavy atom. The first kappa shape index (κ1) is 12.9. The number of carbonyl (C=O) groups is 1. The first-order valence-electron chi connectivity index (χ1n) is 4.61. The highest BCUT2D eigenvalue weighted by Gasteiger charge is 2.13. The summed E-state index contributed by atoms with van der Waals surface area (Å²) in [6.45, 7) is 6.97. The Balaban J connectivity index is 3.93. The van der Waals surface area contributed by atoms with Gasteiger partial charge in [-0.1, -0.05) is 17.7 Å². The van der Waals surface area contributed by atoms with E-state index in [1.807, 2.05) is 6.08 Å². The van der Waals surface area contributed by atoms with Gasteiger partial charge in [0.05, 0.1) is 12.0 Å². The van der Waals surface area contributed by atoms with Gasteiger partial charge < -0.3 is 10.2 Å². The van der Waals surface area contributed by atoms with E-state index >= 15 is 0 Å². The molecule has 0 heterocycles. The molecular formula is C11H18O3. The minimum Gasteiger partial charge on any atom is -0.481 e. The van der Waals surface area contributed by atoms with E-state index in [-0.39, 0.29) is 6.42 Å². The molecule has 0 aromatic rings. The maximum absolute atomic E-state index is 10.3. The molecule has 0 spiro atoms. The van der Waals surface area contributed by atoms with Crippen LogP contribution in [0, 0.1) is 0 Å². The van der Waals surface area contributed by atoms with Crippen LogP contribution in [-0.4, -0.2) is 21.8 Å². The van der Waals surface area contributed by atoms with E-state index < -0.39 is 11.6 Å². The molecule has 0 saturated heterocycles. The molecule has 0 aliphatic carbocycles. The van der Waals surface area contributed by atoms with Gasteiger partial charge in [-0.2, -0.15) is 0 Å². The van der Waals surface area contributed by atoms with Crippen LogP contribution in [0.15, 0.2) is 24.3 Å². The summed E-state index contributed by atoms with van der Waals surface area (Å²) in [6, 6.07) is 0. The number of aliphatic carboxylic acids is 1. The predicted octanol–water partition coefficient (Wildman–Crippen LogP) is 2.12. The summed E-state index contributed by atoms with van der Waals surface area (Å²) in [4.78, 5) is 10.3. The second-order valence-corrected chi connectivity index (χ2v) is 3.72. The molecule has 0 aromatic heterocycles. The van der Waals surface area contributed by atoms with Gasteiger partial charge in [-0.3, -0.25) is 4.79 Å². The number of aliphatic hydroxyl groups is 1. The molecule has 0 radical (unpaired) electrons. The molecule has 0 bridgehead atoms. The molecule has 0 aliphatic rings. The Morgan fingerprint density at radius 3 is 2.57 bits per heavy atom. The van der Waals surface area contributed by atoms with Crippen LogP contribution in [0.4, 0.5) is 0 Å². The van der Waals surface area contributed by atoms with E-state index in [2.05, 4.69) is 6.58 Å². The normalized spacial score (nSPS) is 16.1. The van der Waals surface area contributed by atoms with Gasteiger partial charge in [0, 0.05) is 0 Å². The minimum absolute atomic E-state index is 0.0657. The lowest BCUT2D eigenvalue weighted by molar-refractivity contribution is -0.136. The fourth-order valence-corrected chi connectivity index (χ4v) is 1.02. The quantitative estimate of drug-likeness (QED) is 0.643. The van der Waals surface area contributed by atoms with Gasteiger partial charge in [-0.05, 0) is 26.7 Å². The maximum Gasteiger partial charge on any atom is 0.307 e. The molecule has 2 N–H and O–H groups in total. The van der Waals surface area contributed by atoms with Crippen LogP contribution in [0.1, 0.15) is 33.1 Å². The monoisotopic (exact) mass is 198 g/mol. The molecular weight excluding hydrogens is 180 g/mol. The van der Waals surface area contributed by atoms with E-state index in [4.69, 9.17) is 5.11 Å². The minimum atomic E-state index is -0.861. The van der Waals surface area contributed by atoms with Gasteiger partial charge in [0.2, 0.25) is 0 Å². The Morgan fingerprint density at radius 1 is 1.57 bits per heavy atom. The van der Waals surface area contributed by atoms with Gasteiger partial charge in [0.1, 0.15) is 0 Å². The Hall–Kier alpha value is -1.09. The summed E-state index contributed by atoms with van der Waals surface area (Å²) >= 11 is 0. The Bertz CT molecular complexity index is 239. The highest BCUT2D eigenvalue weighted by atomic mass is 16.4. The summed E-state index contributed by atoms with van der Waals surface area (Å²) in [6.07, 6.45) is 4.63. The first-order chi connectivity index (χ1) is 6.37. The summed E-state index contributed by atoms with van der Waals surface area (Å²) in [7, 11) is 0. The molecule has 0 aliphatic heterocycles. The van der Waals surface area contributed by atoms with Crippen LogP contribution in [0.5, 0.6) is 0 Å². The number of carboxylic acids is 1. The van der Waals surface area contributed by atoms with E-state index in [1.54, 1.807) is 13.8 Å². The van der Waals surface area contributed by atoms with Crippen molar-refractivity contribution in [2.45, 2.75) is 38.7 Å². The molecule has 14 heavy (non-hydrogen) atoms. The zero-order chi connectivity index (χ0) is 11.2. The van der Waals surface area contributed by atoms with Gasteiger partial charge in [0.25, 0.3) is 0 Å². The lowest BCUT2D eigenvalue weighted by Gasteiger charge is -2.16. The second kappa shape index (κ2) is 5.60. The highest BCUT2D eigenvalue weighted by molar-refractivity contribution is 5.69. The predicted molar refractivity (Wildman–Crippen MR) is 56.1 cm³/mol. The van der Waals surface area contributed by atoms with Crippen LogP contribution in [-0.2, 0) is 4.79 Å². The smallest absolute Gasteiger partial charge is 0.307 e. The van der Waals surface area contributed by atoms with Crippen molar-refractivity contribution in [1.82, 2.24) is 0 Å². The van der Waals surface area contributed by atoms with E-state index in [9.17, 15) is 9.90 Å². The molecule has 3 heteroatoms. The summed E-state index contributed by atoms with van der Waals surface area (Å²) in [5.41, 5.74) is -0.0441. The lowest BCUT2D eigenvalue weighted by atomic mass is 9.99. The number of allylic oxidation sites excluding steroid dienone is 1. The SMILES string of the molecule is C=CC(C)(O)CC/C=C(\C)CC(=O)O. The zero-order valence-electron chi connectivity index (χ0n) is 8.79. The fraction of sp³-hybridized carbons (Fsp3) is 0.545. The Kier molecular flexibility index (Phi) is 5.16. The summed E-state index contributed by atoms with van der Waals surface area (Å²) in [5.74, 6) is -0.825. The van der Waals surface area contributed by atoms with Crippen molar-refractivity contribution in [2.75, 3.05) is 0 Å². The van der Waals surface area contributed by atoms with Crippen LogP contribution in [0.25, 0.3) is 0 Å². The van der Waals surface area contributed by atoms with Crippen LogP contribution >= 0.6 is 0 Å². The van der Waals surface area contributed by atoms with E-state index in [0.29, 0.717) is 12.8 Å². The largest absolute Gasteiger partial charge is 0.481 e. The summed E-state index contributed by atoms with van der Waals surface area (Å²) < 4.78 is 0. The molecule has 1 atom stereocenters. The highest BCUT2D eigenvalue weighted by Crippen LogP contribution is 2.14. The van der Waals surface area contributed by atoms with Gasteiger partial charge in [0.15, 0.2) is 0 Å². The van der Waals surface area contributed by atoms with Crippen molar-refractivity contribution in [2.24, 2.45) is 0 Å². The molecule has 80 valence electrons. The lowest BCUT2D eigenvalue weighted by Crippen LogP contribution is -2.19. The third-order valence-corrected chi connectivity index (χ3v) is 2.01. The van der Waals surface area contributed by atoms with Crippen LogP contribution < -0.4 is 0 Å². The number of rotatable bonds is 6. The zero-order valence-corrected chi connectivity index (χ0v) is 8.79. The van der Waals surface area contributed by atoms with Crippen molar-refractivity contribution < 1.29 is 15.0 Å². The summed E-state index contributed by atoms with van der Waals surface area (Å²) in [5, 5.41) is 18.0. The van der Waals surface area contributed by atoms with Crippen molar-refractivity contribution in [3.63, 3.8) is 0 Å². The molecule has 0 fully saturated rings. The molecule has 0 saturated carbocycles. The van der Waals surface area contributed by atoms with Crippen molar-refractivity contribution in [1.29, 1.82) is 0 Å². The van der Waals surface area contributed by atoms with Gasteiger partial charge >= 0.3 is 5.97 Å². The molecule has 0 rings (SSSR count). The first-order valence-corrected chi connectivity index (χ1v) is 4.61. The van der Waals surface area contributed by atoms with Gasteiger partial charge in [-0.15, -0.1) is 6.58 Å². The van der Waals surface area contributed by atoms with Crippen molar-refractivity contribution in [3.8, 4) is 0 Å². The average Bonchev–Trinajstić information content (AvgIpc) is 2.02. The van der Waals surface area contributed by atoms with E-state index in [1.165, 1.54) is 6.08 Å².